The van der Waals surface area contributed by atoms with Crippen molar-refractivity contribution in [1.82, 2.24) is 0 Å². The van der Waals surface area contributed by atoms with E-state index in [0.29, 0.717) is 13.2 Å². The molecule has 0 aliphatic carbocycles. The van der Waals surface area contributed by atoms with E-state index in [9.17, 15) is 0 Å². The van der Waals surface area contributed by atoms with Crippen molar-refractivity contribution < 1.29 is 11.4 Å². The van der Waals surface area contributed by atoms with E-state index < -0.39 is 15.1 Å². The van der Waals surface area contributed by atoms with Crippen molar-refractivity contribution in [2.45, 2.75) is 33.6 Å². The van der Waals surface area contributed by atoms with Crippen molar-refractivity contribution in [3.8, 4) is 0 Å². The molecule has 0 aromatic heterocycles. The van der Waals surface area contributed by atoms with Crippen LogP contribution in [0.2, 0.25) is 0 Å². The monoisotopic (exact) mass is 190 g/mol. The van der Waals surface area contributed by atoms with Crippen LogP contribution in [0.15, 0.2) is 0 Å². The van der Waals surface area contributed by atoms with Gasteiger partial charge in [0.15, 0.2) is 0 Å². The Hall–Kier alpha value is 0.412. The second-order valence-corrected chi connectivity index (χ2v) is 4.00. The molecule has 0 fully saturated rings. The molecule has 0 saturated carbocycles. The van der Waals surface area contributed by atoms with Crippen LogP contribution in [0.4, 0.5) is 0 Å². The van der Waals surface area contributed by atoms with E-state index in [4.69, 9.17) is 11.4 Å². The van der Waals surface area contributed by atoms with Gasteiger partial charge in [-0.25, -0.2) is 0 Å². The predicted octanol–water partition coefficient (Wildman–Crippen LogP) is 1.86. The minimum absolute atomic E-state index is 0.684. The summed E-state index contributed by atoms with van der Waals surface area (Å²) in [6.07, 6.45) is 2.24. The zero-order chi connectivity index (χ0) is 9.23. The van der Waals surface area contributed by atoms with Gasteiger partial charge in [-0.1, -0.05) is 13.3 Å². The summed E-state index contributed by atoms with van der Waals surface area (Å²) in [4.78, 5) is 0. The molecule has 12 heavy (non-hydrogen) atoms. The largest absolute Gasteiger partial charge is 0.905 e. The highest BCUT2D eigenvalue weighted by atomic mass is 27.3. The zero-order valence-corrected chi connectivity index (χ0v) is 9.49. The van der Waals surface area contributed by atoms with Gasteiger partial charge in [0.2, 0.25) is 0 Å². The molecule has 0 heterocycles. The van der Waals surface area contributed by atoms with Gasteiger partial charge >= 0.3 is 15.1 Å². The van der Waals surface area contributed by atoms with Crippen LogP contribution in [0.3, 0.4) is 0 Å². The van der Waals surface area contributed by atoms with Gasteiger partial charge in [0.1, 0.15) is 0 Å². The third kappa shape index (κ3) is 7.08. The van der Waals surface area contributed by atoms with Crippen molar-refractivity contribution in [3.05, 3.63) is 0 Å². The molecular weight excluding hydrogens is 171 g/mol. The third-order valence-electron chi connectivity index (χ3n) is 1.36. The van der Waals surface area contributed by atoms with Gasteiger partial charge in [0.25, 0.3) is 0 Å². The Kier molecular flexibility index (Phi) is 9.83. The lowest BCUT2D eigenvalue weighted by atomic mass is 10.4. The zero-order valence-electron chi connectivity index (χ0n) is 8.34. The number of hydrogen-bond acceptors (Lipinski definition) is 3. The number of unbranched alkanes of at least 4 members (excludes halogenated alkanes) is 1. The van der Waals surface area contributed by atoms with E-state index in [-0.39, 0.29) is 0 Å². The molecule has 0 amide bonds. The van der Waals surface area contributed by atoms with Crippen molar-refractivity contribution in [1.29, 1.82) is 0 Å². The van der Waals surface area contributed by atoms with Crippen molar-refractivity contribution in [2.75, 3.05) is 19.8 Å². The summed E-state index contributed by atoms with van der Waals surface area (Å²) in [5, 5.41) is 0. The molecule has 0 aliphatic heterocycles. The Labute approximate surface area is 80.4 Å². The van der Waals surface area contributed by atoms with Gasteiger partial charge in [0.05, 0.1) is 0 Å². The molecule has 0 radical (unpaired) electrons. The molecule has 4 heteroatoms. The molecule has 0 bridgehead atoms. The summed E-state index contributed by atoms with van der Waals surface area (Å²) in [5.74, 6) is 0. The first-order valence-corrected chi connectivity index (χ1v) is 6.11. The van der Waals surface area contributed by atoms with Crippen molar-refractivity contribution in [3.63, 3.8) is 0 Å². The van der Waals surface area contributed by atoms with Crippen LogP contribution in [0.25, 0.3) is 0 Å². The first-order chi connectivity index (χ1) is 5.85. The van der Waals surface area contributed by atoms with E-state index in [1.165, 1.54) is 0 Å². The second kappa shape index (κ2) is 9.50. The highest BCUT2D eigenvalue weighted by Crippen LogP contribution is 1.95. The van der Waals surface area contributed by atoms with Crippen LogP contribution < -0.4 is 0 Å². The van der Waals surface area contributed by atoms with E-state index in [1.807, 2.05) is 13.8 Å². The quantitative estimate of drug-likeness (QED) is 0.432. The normalized spacial score (nSPS) is 10.2. The lowest BCUT2D eigenvalue weighted by Gasteiger charge is -2.10. The smallest absolute Gasteiger partial charge is 0.455 e. The molecule has 0 atom stereocenters. The van der Waals surface area contributed by atoms with E-state index in [2.05, 4.69) is 6.92 Å². The molecule has 0 aliphatic rings. The predicted molar refractivity (Wildman–Crippen MR) is 49.9 cm³/mol. The standard InChI is InChI=1S/C4H9O.2C2H5O.Al/c1-2-3-4-5;2*1-2-3;/h2-4H2,1H3;2*2H2,1H3;/q3*-1;+3. The lowest BCUT2D eigenvalue weighted by molar-refractivity contribution is 0.101. The Balaban J connectivity index is 3.34. The molecule has 0 aromatic carbocycles. The Morgan fingerprint density at radius 3 is 1.92 bits per heavy atom. The van der Waals surface area contributed by atoms with Crippen LogP contribution in [0, 0.1) is 0 Å². The van der Waals surface area contributed by atoms with Crippen LogP contribution >= 0.6 is 0 Å². The van der Waals surface area contributed by atoms with Gasteiger partial charge in [-0.2, -0.15) is 0 Å². The first kappa shape index (κ1) is 12.4. The fourth-order valence-electron chi connectivity index (χ4n) is 0.740. The number of rotatable bonds is 8. The van der Waals surface area contributed by atoms with Gasteiger partial charge in [0, 0.05) is 19.8 Å². The SMILES string of the molecule is CCCC[O][Al]([O]CC)[O]CC. The maximum absolute atomic E-state index is 5.46. The molecule has 72 valence electrons. The molecular formula is C8H19AlO3. The molecule has 0 N–H and O–H groups in total. The summed E-state index contributed by atoms with van der Waals surface area (Å²) in [5.41, 5.74) is 0. The molecule has 0 unspecified atom stereocenters. The fraction of sp³-hybridized carbons (Fsp3) is 1.00. The average Bonchev–Trinajstić information content (AvgIpc) is 2.06. The van der Waals surface area contributed by atoms with E-state index >= 15 is 0 Å². The second-order valence-electron chi connectivity index (χ2n) is 2.42. The fourth-order valence-corrected chi connectivity index (χ4v) is 1.93. The Morgan fingerprint density at radius 1 is 0.917 bits per heavy atom. The van der Waals surface area contributed by atoms with Crippen molar-refractivity contribution >= 4 is 15.1 Å². The molecule has 0 spiro atoms. The molecule has 0 aromatic rings. The summed E-state index contributed by atoms with van der Waals surface area (Å²) < 4.78 is 16.1. The molecule has 0 rings (SSSR count). The van der Waals surface area contributed by atoms with Gasteiger partial charge < -0.3 is 11.4 Å². The Bertz CT molecular complexity index is 84.4. The third-order valence-corrected chi connectivity index (χ3v) is 3.08. The Morgan fingerprint density at radius 2 is 1.50 bits per heavy atom. The van der Waals surface area contributed by atoms with Gasteiger partial charge in [-0.3, -0.25) is 0 Å². The van der Waals surface area contributed by atoms with Gasteiger partial charge in [-0.05, 0) is 20.3 Å². The maximum Gasteiger partial charge on any atom is 0.905 e. The first-order valence-electron chi connectivity index (χ1n) is 4.69. The minimum atomic E-state index is -1.77. The summed E-state index contributed by atoms with van der Waals surface area (Å²) >= 11 is -1.77. The van der Waals surface area contributed by atoms with Crippen LogP contribution in [0.5, 0.6) is 0 Å². The molecule has 3 nitrogen and oxygen atoms in total. The molecule has 0 saturated heterocycles. The van der Waals surface area contributed by atoms with E-state index in [0.717, 1.165) is 19.4 Å². The highest BCUT2D eigenvalue weighted by Gasteiger charge is 2.29. The minimum Gasteiger partial charge on any atom is -0.455 e. The van der Waals surface area contributed by atoms with Crippen LogP contribution in [-0.2, 0) is 11.4 Å². The van der Waals surface area contributed by atoms with E-state index in [1.54, 1.807) is 0 Å². The number of hydrogen-bond donors (Lipinski definition) is 0. The van der Waals surface area contributed by atoms with Crippen LogP contribution in [0.1, 0.15) is 33.6 Å². The average molecular weight is 190 g/mol. The summed E-state index contributed by atoms with van der Waals surface area (Å²) in [6.45, 7) is 8.20. The van der Waals surface area contributed by atoms with Crippen molar-refractivity contribution in [2.24, 2.45) is 0 Å². The van der Waals surface area contributed by atoms with Crippen LogP contribution in [-0.4, -0.2) is 35.0 Å². The highest BCUT2D eigenvalue weighted by molar-refractivity contribution is 6.36. The van der Waals surface area contributed by atoms with Gasteiger partial charge in [-0.15, -0.1) is 0 Å². The topological polar surface area (TPSA) is 27.7 Å². The summed E-state index contributed by atoms with van der Waals surface area (Å²) in [6, 6.07) is 0. The maximum atomic E-state index is 5.46. The summed E-state index contributed by atoms with van der Waals surface area (Å²) in [7, 11) is 0. The lowest BCUT2D eigenvalue weighted by Crippen LogP contribution is -2.27.